The molecular formula is C13H19FN2O2S. The highest BCUT2D eigenvalue weighted by atomic mass is 32.2. The van der Waals surface area contributed by atoms with Crippen molar-refractivity contribution in [1.82, 2.24) is 4.72 Å². The zero-order valence-corrected chi connectivity index (χ0v) is 11.7. The minimum Gasteiger partial charge on any atom is -0.326 e. The predicted octanol–water partition coefficient (Wildman–Crippen LogP) is 1.75. The van der Waals surface area contributed by atoms with E-state index in [0.717, 1.165) is 25.3 Å². The summed E-state index contributed by atoms with van der Waals surface area (Å²) in [7, 11) is -3.70. The number of nitrogens with one attached hydrogen (secondary N) is 1. The van der Waals surface area contributed by atoms with E-state index in [1.165, 1.54) is 12.1 Å². The van der Waals surface area contributed by atoms with Gasteiger partial charge in [-0.1, -0.05) is 13.0 Å². The highest BCUT2D eigenvalue weighted by Gasteiger charge is 2.27. The molecule has 1 aliphatic carbocycles. The van der Waals surface area contributed by atoms with Crippen molar-refractivity contribution in [3.8, 4) is 0 Å². The summed E-state index contributed by atoms with van der Waals surface area (Å²) in [5, 5.41) is 0. The van der Waals surface area contributed by atoms with Crippen LogP contribution in [0.25, 0.3) is 0 Å². The van der Waals surface area contributed by atoms with Gasteiger partial charge in [-0.15, -0.1) is 0 Å². The molecule has 0 saturated heterocycles. The van der Waals surface area contributed by atoms with Gasteiger partial charge in [-0.05, 0) is 42.9 Å². The third-order valence-electron chi connectivity index (χ3n) is 3.56. The molecule has 19 heavy (non-hydrogen) atoms. The molecule has 106 valence electrons. The Balaban J connectivity index is 2.26. The Morgan fingerprint density at radius 2 is 2.16 bits per heavy atom. The van der Waals surface area contributed by atoms with Gasteiger partial charge in [0.25, 0.3) is 0 Å². The van der Waals surface area contributed by atoms with E-state index in [4.69, 9.17) is 5.73 Å². The molecule has 0 aromatic heterocycles. The molecule has 0 heterocycles. The molecule has 0 aliphatic heterocycles. The van der Waals surface area contributed by atoms with E-state index >= 15 is 0 Å². The second-order valence-corrected chi connectivity index (χ2v) is 6.88. The molecule has 6 heteroatoms. The average molecular weight is 286 g/mol. The summed E-state index contributed by atoms with van der Waals surface area (Å²) in [5.41, 5.74) is 5.94. The van der Waals surface area contributed by atoms with E-state index < -0.39 is 15.8 Å². The van der Waals surface area contributed by atoms with Crippen molar-refractivity contribution < 1.29 is 12.8 Å². The van der Waals surface area contributed by atoms with E-state index in [9.17, 15) is 12.8 Å². The molecule has 1 aromatic carbocycles. The lowest BCUT2D eigenvalue weighted by Crippen LogP contribution is -2.33. The van der Waals surface area contributed by atoms with E-state index in [0.29, 0.717) is 11.5 Å². The molecule has 2 rings (SSSR count). The van der Waals surface area contributed by atoms with Crippen LogP contribution < -0.4 is 10.5 Å². The maximum Gasteiger partial charge on any atom is 0.241 e. The molecule has 4 nitrogen and oxygen atoms in total. The highest BCUT2D eigenvalue weighted by Crippen LogP contribution is 2.26. The summed E-state index contributed by atoms with van der Waals surface area (Å²) < 4.78 is 40.5. The molecule has 0 amide bonds. The van der Waals surface area contributed by atoms with Crippen LogP contribution in [-0.2, 0) is 16.6 Å². The van der Waals surface area contributed by atoms with Gasteiger partial charge in [0, 0.05) is 12.6 Å². The summed E-state index contributed by atoms with van der Waals surface area (Å²) in [4.78, 5) is -0.0467. The quantitative estimate of drug-likeness (QED) is 0.885. The first-order valence-electron chi connectivity index (χ1n) is 6.43. The van der Waals surface area contributed by atoms with Gasteiger partial charge in [0.2, 0.25) is 10.0 Å². The van der Waals surface area contributed by atoms with Gasteiger partial charge in [-0.25, -0.2) is 17.5 Å². The number of sulfonamides is 1. The van der Waals surface area contributed by atoms with E-state index in [-0.39, 0.29) is 17.5 Å². The third kappa shape index (κ3) is 3.32. The molecule has 2 atom stereocenters. The lowest BCUT2D eigenvalue weighted by atomic mass is 10.1. The topological polar surface area (TPSA) is 72.2 Å². The molecule has 0 bridgehead atoms. The van der Waals surface area contributed by atoms with Crippen LogP contribution in [0.2, 0.25) is 0 Å². The van der Waals surface area contributed by atoms with Crippen molar-refractivity contribution in [3.63, 3.8) is 0 Å². The van der Waals surface area contributed by atoms with Crippen molar-refractivity contribution in [1.29, 1.82) is 0 Å². The fraction of sp³-hybridized carbons (Fsp3) is 0.538. The molecule has 0 spiro atoms. The molecular weight excluding hydrogens is 267 g/mol. The van der Waals surface area contributed by atoms with Gasteiger partial charge in [0.1, 0.15) is 5.82 Å². The molecule has 2 unspecified atom stereocenters. The molecule has 3 N–H and O–H groups in total. The lowest BCUT2D eigenvalue weighted by Gasteiger charge is -2.15. The largest absolute Gasteiger partial charge is 0.326 e. The average Bonchev–Trinajstić information content (AvgIpc) is 2.74. The predicted molar refractivity (Wildman–Crippen MR) is 71.4 cm³/mol. The summed E-state index contributed by atoms with van der Waals surface area (Å²) in [6.07, 6.45) is 2.67. The first-order chi connectivity index (χ1) is 8.92. The maximum atomic E-state index is 13.3. The number of rotatable bonds is 4. The standard InChI is InChI=1S/C13H19FN2O2S/c1-9-2-5-12(6-9)16-19(17,18)13-7-11(14)4-3-10(13)8-15/h3-4,7,9,12,16H,2,5-6,8,15H2,1H3. The number of hydrogen-bond acceptors (Lipinski definition) is 3. The van der Waals surface area contributed by atoms with Crippen LogP contribution in [-0.4, -0.2) is 14.5 Å². The second-order valence-electron chi connectivity index (χ2n) is 5.19. The first kappa shape index (κ1) is 14.4. The zero-order chi connectivity index (χ0) is 14.0. The van der Waals surface area contributed by atoms with Crippen molar-refractivity contribution in [2.75, 3.05) is 0 Å². The second kappa shape index (κ2) is 5.56. The SMILES string of the molecule is CC1CCC(NS(=O)(=O)c2cc(F)ccc2CN)C1. The van der Waals surface area contributed by atoms with E-state index in [2.05, 4.69) is 11.6 Å². The van der Waals surface area contributed by atoms with Crippen LogP contribution in [0.4, 0.5) is 4.39 Å². The minimum absolute atomic E-state index is 0.0467. The van der Waals surface area contributed by atoms with Crippen molar-refractivity contribution >= 4 is 10.0 Å². The van der Waals surface area contributed by atoms with Gasteiger partial charge < -0.3 is 5.73 Å². The Labute approximate surface area is 113 Å². The van der Waals surface area contributed by atoms with Crippen LogP contribution in [0.15, 0.2) is 23.1 Å². The van der Waals surface area contributed by atoms with Crippen LogP contribution in [0.5, 0.6) is 0 Å². The van der Waals surface area contributed by atoms with E-state index in [1.54, 1.807) is 0 Å². The number of halogens is 1. The monoisotopic (exact) mass is 286 g/mol. The normalized spacial score (nSPS) is 23.7. The summed E-state index contributed by atoms with van der Waals surface area (Å²) in [6.45, 7) is 2.17. The van der Waals surface area contributed by atoms with Gasteiger partial charge in [0.15, 0.2) is 0 Å². The Bertz CT molecular complexity index is 560. The molecule has 0 radical (unpaired) electrons. The summed E-state index contributed by atoms with van der Waals surface area (Å²) in [5.74, 6) is -0.0495. The van der Waals surface area contributed by atoms with Crippen LogP contribution in [0.1, 0.15) is 31.7 Å². The Morgan fingerprint density at radius 3 is 2.74 bits per heavy atom. The highest BCUT2D eigenvalue weighted by molar-refractivity contribution is 7.89. The lowest BCUT2D eigenvalue weighted by molar-refractivity contribution is 0.536. The summed E-state index contributed by atoms with van der Waals surface area (Å²) >= 11 is 0. The van der Waals surface area contributed by atoms with Crippen molar-refractivity contribution in [3.05, 3.63) is 29.6 Å². The minimum atomic E-state index is -3.70. The number of hydrogen-bond donors (Lipinski definition) is 2. The number of benzene rings is 1. The molecule has 1 aromatic rings. The fourth-order valence-electron chi connectivity index (χ4n) is 2.54. The van der Waals surface area contributed by atoms with Crippen LogP contribution >= 0.6 is 0 Å². The summed E-state index contributed by atoms with van der Waals surface area (Å²) in [6, 6.07) is 3.61. The Morgan fingerprint density at radius 1 is 1.42 bits per heavy atom. The van der Waals surface area contributed by atoms with Crippen LogP contribution in [0.3, 0.4) is 0 Å². The third-order valence-corrected chi connectivity index (χ3v) is 5.16. The first-order valence-corrected chi connectivity index (χ1v) is 7.91. The van der Waals surface area contributed by atoms with Gasteiger partial charge >= 0.3 is 0 Å². The van der Waals surface area contributed by atoms with Crippen molar-refractivity contribution in [2.24, 2.45) is 11.7 Å². The van der Waals surface area contributed by atoms with Crippen molar-refractivity contribution in [2.45, 2.75) is 43.7 Å². The maximum absolute atomic E-state index is 13.3. The number of nitrogens with two attached hydrogens (primary N) is 1. The zero-order valence-electron chi connectivity index (χ0n) is 10.9. The van der Waals surface area contributed by atoms with Gasteiger partial charge in [-0.2, -0.15) is 0 Å². The van der Waals surface area contributed by atoms with Crippen LogP contribution in [0, 0.1) is 11.7 Å². The Kier molecular flexibility index (Phi) is 4.23. The fourth-order valence-corrected chi connectivity index (χ4v) is 4.09. The van der Waals surface area contributed by atoms with E-state index in [1.807, 2.05) is 0 Å². The molecule has 1 saturated carbocycles. The molecule has 1 aliphatic rings. The smallest absolute Gasteiger partial charge is 0.241 e. The Hall–Kier alpha value is -0.980. The van der Waals surface area contributed by atoms with Gasteiger partial charge in [0.05, 0.1) is 4.90 Å². The van der Waals surface area contributed by atoms with Gasteiger partial charge in [-0.3, -0.25) is 0 Å². The molecule has 1 fully saturated rings.